The highest BCUT2D eigenvalue weighted by Crippen LogP contribution is 2.38. The summed E-state index contributed by atoms with van der Waals surface area (Å²) in [6, 6.07) is 6.89. The van der Waals surface area contributed by atoms with Crippen LogP contribution in [0, 0.1) is 5.41 Å². The van der Waals surface area contributed by atoms with Crippen molar-refractivity contribution in [3.63, 3.8) is 0 Å². The highest BCUT2D eigenvalue weighted by molar-refractivity contribution is 5.95. The fourth-order valence-electron chi connectivity index (χ4n) is 2.66. The van der Waals surface area contributed by atoms with Crippen molar-refractivity contribution in [2.24, 2.45) is 16.9 Å². The molecule has 2 amide bonds. The molecule has 0 aliphatic heterocycles. The Morgan fingerprint density at radius 3 is 2.62 bits per heavy atom. The number of hydrogen-bond acceptors (Lipinski definition) is 4. The van der Waals surface area contributed by atoms with Gasteiger partial charge in [0.1, 0.15) is 5.75 Å². The van der Waals surface area contributed by atoms with Crippen molar-refractivity contribution in [2.75, 3.05) is 18.5 Å². The van der Waals surface area contributed by atoms with Gasteiger partial charge in [0, 0.05) is 18.3 Å². The molecule has 0 saturated heterocycles. The number of rotatable bonds is 6. The van der Waals surface area contributed by atoms with Crippen LogP contribution >= 0.6 is 0 Å². The van der Waals surface area contributed by atoms with E-state index in [2.05, 4.69) is 5.32 Å². The number of anilines is 1. The van der Waals surface area contributed by atoms with Crippen molar-refractivity contribution in [1.29, 1.82) is 0 Å². The summed E-state index contributed by atoms with van der Waals surface area (Å²) in [5.41, 5.74) is 11.0. The molecule has 0 heterocycles. The molecule has 0 radical (unpaired) electrons. The quantitative estimate of drug-likeness (QED) is 0.727. The molecule has 1 aliphatic carbocycles. The average Bonchev–Trinajstić information content (AvgIpc) is 2.96. The van der Waals surface area contributed by atoms with Crippen LogP contribution in [0.15, 0.2) is 24.3 Å². The lowest BCUT2D eigenvalue weighted by atomic mass is 9.85. The first-order valence-corrected chi connectivity index (χ1v) is 7.08. The van der Waals surface area contributed by atoms with Crippen molar-refractivity contribution in [1.82, 2.24) is 0 Å². The van der Waals surface area contributed by atoms with Gasteiger partial charge in [-0.25, -0.2) is 0 Å². The van der Waals surface area contributed by atoms with E-state index >= 15 is 0 Å². The SMILES string of the molecule is NCC1(C(=O)Nc2cccc(OCC(N)=O)c2)CCCC1. The number of carbonyl (C=O) groups is 2. The van der Waals surface area contributed by atoms with Crippen LogP contribution < -0.4 is 21.5 Å². The van der Waals surface area contributed by atoms with E-state index in [1.54, 1.807) is 24.3 Å². The maximum atomic E-state index is 12.4. The van der Waals surface area contributed by atoms with E-state index in [1.807, 2.05) is 0 Å². The molecule has 1 saturated carbocycles. The van der Waals surface area contributed by atoms with Crippen molar-refractivity contribution < 1.29 is 14.3 Å². The number of amides is 2. The maximum absolute atomic E-state index is 12.4. The summed E-state index contributed by atoms with van der Waals surface area (Å²) in [6.07, 6.45) is 3.72. The van der Waals surface area contributed by atoms with Gasteiger partial charge in [0.05, 0.1) is 5.41 Å². The van der Waals surface area contributed by atoms with Crippen LogP contribution in [0.1, 0.15) is 25.7 Å². The Balaban J connectivity index is 2.03. The molecule has 1 aromatic rings. The lowest BCUT2D eigenvalue weighted by Crippen LogP contribution is -2.40. The molecule has 21 heavy (non-hydrogen) atoms. The molecule has 0 bridgehead atoms. The fraction of sp³-hybridized carbons (Fsp3) is 0.467. The van der Waals surface area contributed by atoms with Crippen LogP contribution in [0.5, 0.6) is 5.75 Å². The first kappa shape index (κ1) is 15.3. The average molecular weight is 291 g/mol. The minimum absolute atomic E-state index is 0.0467. The summed E-state index contributed by atoms with van der Waals surface area (Å²) >= 11 is 0. The first-order valence-electron chi connectivity index (χ1n) is 7.08. The molecule has 0 atom stereocenters. The topological polar surface area (TPSA) is 107 Å². The number of hydrogen-bond donors (Lipinski definition) is 3. The van der Waals surface area contributed by atoms with Crippen LogP contribution in [-0.4, -0.2) is 25.0 Å². The molecule has 1 aromatic carbocycles. The molecule has 1 fully saturated rings. The highest BCUT2D eigenvalue weighted by Gasteiger charge is 2.39. The predicted octanol–water partition coefficient (Wildman–Crippen LogP) is 1.01. The van der Waals surface area contributed by atoms with E-state index < -0.39 is 11.3 Å². The van der Waals surface area contributed by atoms with Gasteiger partial charge in [-0.05, 0) is 25.0 Å². The smallest absolute Gasteiger partial charge is 0.255 e. The molecule has 0 spiro atoms. The largest absolute Gasteiger partial charge is 0.484 e. The Labute approximate surface area is 123 Å². The van der Waals surface area contributed by atoms with Gasteiger partial charge in [0.2, 0.25) is 5.91 Å². The van der Waals surface area contributed by atoms with Crippen LogP contribution in [0.4, 0.5) is 5.69 Å². The van der Waals surface area contributed by atoms with Gasteiger partial charge in [0.15, 0.2) is 6.61 Å². The van der Waals surface area contributed by atoms with Gasteiger partial charge in [-0.3, -0.25) is 9.59 Å². The second-order valence-corrected chi connectivity index (χ2v) is 5.43. The van der Waals surface area contributed by atoms with Crippen LogP contribution in [0.3, 0.4) is 0 Å². The Morgan fingerprint density at radius 1 is 1.29 bits per heavy atom. The highest BCUT2D eigenvalue weighted by atomic mass is 16.5. The van der Waals surface area contributed by atoms with Gasteiger partial charge < -0.3 is 21.5 Å². The van der Waals surface area contributed by atoms with Crippen LogP contribution in [0.25, 0.3) is 0 Å². The third-order valence-electron chi connectivity index (χ3n) is 3.91. The van der Waals surface area contributed by atoms with E-state index in [9.17, 15) is 9.59 Å². The number of carbonyl (C=O) groups excluding carboxylic acids is 2. The van der Waals surface area contributed by atoms with Crippen LogP contribution in [-0.2, 0) is 9.59 Å². The van der Waals surface area contributed by atoms with Crippen molar-refractivity contribution in [2.45, 2.75) is 25.7 Å². The second-order valence-electron chi connectivity index (χ2n) is 5.43. The first-order chi connectivity index (χ1) is 10.1. The molecule has 0 unspecified atom stereocenters. The van der Waals surface area contributed by atoms with E-state index in [4.69, 9.17) is 16.2 Å². The summed E-state index contributed by atoms with van der Waals surface area (Å²) in [7, 11) is 0. The minimum atomic E-state index is -0.544. The maximum Gasteiger partial charge on any atom is 0.255 e. The Morgan fingerprint density at radius 2 is 2.00 bits per heavy atom. The lowest BCUT2D eigenvalue weighted by molar-refractivity contribution is -0.125. The fourth-order valence-corrected chi connectivity index (χ4v) is 2.66. The van der Waals surface area contributed by atoms with Gasteiger partial charge in [0.25, 0.3) is 5.91 Å². The number of ether oxygens (including phenoxy) is 1. The Hall–Kier alpha value is -2.08. The summed E-state index contributed by atoms with van der Waals surface area (Å²) in [5, 5.41) is 2.89. The van der Waals surface area contributed by atoms with Gasteiger partial charge in [-0.15, -0.1) is 0 Å². The molecule has 114 valence electrons. The van der Waals surface area contributed by atoms with E-state index in [1.165, 1.54) is 0 Å². The minimum Gasteiger partial charge on any atom is -0.484 e. The summed E-state index contributed by atoms with van der Waals surface area (Å²) in [6.45, 7) is 0.167. The van der Waals surface area contributed by atoms with E-state index in [0.717, 1.165) is 25.7 Å². The Kier molecular flexibility index (Phi) is 4.80. The zero-order chi connectivity index (χ0) is 15.3. The zero-order valence-electron chi connectivity index (χ0n) is 11.9. The van der Waals surface area contributed by atoms with Crippen LogP contribution in [0.2, 0.25) is 0 Å². The number of nitrogens with one attached hydrogen (secondary N) is 1. The predicted molar refractivity (Wildman–Crippen MR) is 79.7 cm³/mol. The van der Waals surface area contributed by atoms with Gasteiger partial charge >= 0.3 is 0 Å². The third kappa shape index (κ3) is 3.72. The molecular formula is C15H21N3O3. The van der Waals surface area contributed by atoms with Crippen molar-refractivity contribution >= 4 is 17.5 Å². The van der Waals surface area contributed by atoms with Crippen molar-refractivity contribution in [3.8, 4) is 5.75 Å². The van der Waals surface area contributed by atoms with Crippen molar-refractivity contribution in [3.05, 3.63) is 24.3 Å². The number of benzene rings is 1. The molecule has 6 nitrogen and oxygen atoms in total. The standard InChI is InChI=1S/C15H21N3O3/c16-10-15(6-1-2-7-15)14(20)18-11-4-3-5-12(8-11)21-9-13(17)19/h3-5,8H,1-2,6-7,9-10,16H2,(H2,17,19)(H,18,20). The third-order valence-corrected chi connectivity index (χ3v) is 3.91. The number of nitrogens with two attached hydrogens (primary N) is 2. The molecule has 2 rings (SSSR count). The zero-order valence-corrected chi connectivity index (χ0v) is 11.9. The van der Waals surface area contributed by atoms with E-state index in [0.29, 0.717) is 18.0 Å². The molecule has 6 heteroatoms. The molecular weight excluding hydrogens is 270 g/mol. The molecule has 1 aliphatic rings. The number of primary amides is 1. The normalized spacial score (nSPS) is 16.4. The molecule has 5 N–H and O–H groups in total. The van der Waals surface area contributed by atoms with Gasteiger partial charge in [-0.1, -0.05) is 18.9 Å². The van der Waals surface area contributed by atoms with Gasteiger partial charge in [-0.2, -0.15) is 0 Å². The second kappa shape index (κ2) is 6.58. The summed E-state index contributed by atoms with van der Waals surface area (Å²) in [5.74, 6) is -0.105. The summed E-state index contributed by atoms with van der Waals surface area (Å²) < 4.78 is 5.22. The van der Waals surface area contributed by atoms with E-state index in [-0.39, 0.29) is 12.5 Å². The lowest BCUT2D eigenvalue weighted by Gasteiger charge is -2.25. The summed E-state index contributed by atoms with van der Waals surface area (Å²) in [4.78, 5) is 23.1. The molecule has 0 aromatic heterocycles. The Bertz CT molecular complexity index is 525. The monoisotopic (exact) mass is 291 g/mol.